The summed E-state index contributed by atoms with van der Waals surface area (Å²) in [6, 6.07) is 6.43. The molecule has 3 nitrogen and oxygen atoms in total. The van der Waals surface area contributed by atoms with Gasteiger partial charge in [-0.2, -0.15) is 5.10 Å². The number of nitrogens with zero attached hydrogens (tertiary/aromatic N) is 3. The van der Waals surface area contributed by atoms with Crippen LogP contribution < -0.4 is 0 Å². The summed E-state index contributed by atoms with van der Waals surface area (Å²) in [5, 5.41) is 5.91. The van der Waals surface area contributed by atoms with Crippen LogP contribution in [0, 0.1) is 5.82 Å². The van der Waals surface area contributed by atoms with Gasteiger partial charge < -0.3 is 0 Å². The van der Waals surface area contributed by atoms with Gasteiger partial charge in [0, 0.05) is 11.5 Å². The van der Waals surface area contributed by atoms with Crippen molar-refractivity contribution in [1.29, 1.82) is 0 Å². The molecule has 1 aliphatic carbocycles. The Hall–Kier alpha value is -1.75. The molecule has 3 aromatic rings. The zero-order valence-electron chi connectivity index (χ0n) is 11.6. The molecule has 21 heavy (non-hydrogen) atoms. The van der Waals surface area contributed by atoms with E-state index in [2.05, 4.69) is 4.98 Å². The van der Waals surface area contributed by atoms with Gasteiger partial charge in [-0.15, -0.1) is 0 Å². The lowest BCUT2D eigenvalue weighted by molar-refractivity contribution is 0.439. The van der Waals surface area contributed by atoms with Gasteiger partial charge in [0.05, 0.1) is 11.9 Å². The fraction of sp³-hybridized carbons (Fsp3) is 0.375. The zero-order valence-corrected chi connectivity index (χ0v) is 12.4. The smallest absolute Gasteiger partial charge is 0.212 e. The Morgan fingerprint density at radius 1 is 1.10 bits per heavy atom. The Kier molecular flexibility index (Phi) is 3.22. The molecule has 1 aliphatic rings. The highest BCUT2D eigenvalue weighted by Crippen LogP contribution is 2.35. The molecule has 0 radical (unpaired) electrons. The Bertz CT molecular complexity index is 722. The van der Waals surface area contributed by atoms with E-state index in [1.807, 2.05) is 10.7 Å². The van der Waals surface area contributed by atoms with Crippen molar-refractivity contribution in [3.8, 4) is 11.3 Å². The second-order valence-corrected chi connectivity index (χ2v) is 6.62. The van der Waals surface area contributed by atoms with Gasteiger partial charge in [-0.25, -0.2) is 13.9 Å². The predicted molar refractivity (Wildman–Crippen MR) is 82.1 cm³/mol. The molecule has 0 bridgehead atoms. The lowest BCUT2D eigenvalue weighted by atomic mass is 9.90. The largest absolute Gasteiger partial charge is 0.217 e. The first-order valence-electron chi connectivity index (χ1n) is 7.42. The van der Waals surface area contributed by atoms with Crippen LogP contribution in [0.1, 0.15) is 43.0 Å². The van der Waals surface area contributed by atoms with Crippen LogP contribution in [0.25, 0.3) is 16.2 Å². The fourth-order valence-electron chi connectivity index (χ4n) is 2.99. The third-order valence-corrected chi connectivity index (χ3v) is 5.24. The summed E-state index contributed by atoms with van der Waals surface area (Å²) in [5.74, 6) is 0.386. The fourth-order valence-corrected chi connectivity index (χ4v) is 4.04. The summed E-state index contributed by atoms with van der Waals surface area (Å²) >= 11 is 1.69. The van der Waals surface area contributed by atoms with Gasteiger partial charge in [-0.05, 0) is 37.1 Å². The molecule has 0 saturated heterocycles. The maximum atomic E-state index is 13.0. The van der Waals surface area contributed by atoms with Crippen molar-refractivity contribution in [3.05, 3.63) is 41.3 Å². The van der Waals surface area contributed by atoms with E-state index in [1.165, 1.54) is 49.2 Å². The van der Waals surface area contributed by atoms with Crippen LogP contribution in [0.4, 0.5) is 4.39 Å². The van der Waals surface area contributed by atoms with Crippen LogP contribution in [0.15, 0.2) is 30.5 Å². The average molecular weight is 301 g/mol. The molecule has 0 spiro atoms. The molecule has 1 aromatic carbocycles. The molecule has 0 atom stereocenters. The first-order valence-corrected chi connectivity index (χ1v) is 8.23. The summed E-state index contributed by atoms with van der Waals surface area (Å²) < 4.78 is 14.8. The number of aromatic nitrogens is 3. The van der Waals surface area contributed by atoms with Gasteiger partial charge in [-0.1, -0.05) is 30.6 Å². The summed E-state index contributed by atoms with van der Waals surface area (Å²) in [6.07, 6.45) is 8.42. The van der Waals surface area contributed by atoms with Crippen LogP contribution in [0.2, 0.25) is 0 Å². The van der Waals surface area contributed by atoms with Crippen molar-refractivity contribution in [2.45, 2.75) is 38.0 Å². The molecule has 0 unspecified atom stereocenters. The van der Waals surface area contributed by atoms with Gasteiger partial charge in [0.1, 0.15) is 10.8 Å². The summed E-state index contributed by atoms with van der Waals surface area (Å²) in [5.41, 5.74) is 1.78. The van der Waals surface area contributed by atoms with Crippen LogP contribution in [-0.2, 0) is 0 Å². The van der Waals surface area contributed by atoms with Crippen molar-refractivity contribution in [1.82, 2.24) is 14.6 Å². The second kappa shape index (κ2) is 5.22. The number of imidazole rings is 1. The van der Waals surface area contributed by atoms with E-state index >= 15 is 0 Å². The minimum Gasteiger partial charge on any atom is -0.217 e. The van der Waals surface area contributed by atoms with E-state index in [0.29, 0.717) is 5.92 Å². The van der Waals surface area contributed by atoms with Crippen molar-refractivity contribution in [2.75, 3.05) is 0 Å². The van der Waals surface area contributed by atoms with Crippen LogP contribution >= 0.6 is 11.3 Å². The van der Waals surface area contributed by atoms with Crippen molar-refractivity contribution >= 4 is 16.3 Å². The lowest BCUT2D eigenvalue weighted by Crippen LogP contribution is -2.04. The minimum absolute atomic E-state index is 0.225. The van der Waals surface area contributed by atoms with Gasteiger partial charge >= 0.3 is 0 Å². The molecule has 5 heteroatoms. The molecule has 2 heterocycles. The monoisotopic (exact) mass is 301 g/mol. The average Bonchev–Trinajstić information content (AvgIpc) is 3.07. The number of fused-ring (bicyclic) bond motifs is 1. The van der Waals surface area contributed by atoms with E-state index in [9.17, 15) is 4.39 Å². The highest BCUT2D eigenvalue weighted by Gasteiger charge is 2.20. The van der Waals surface area contributed by atoms with Crippen molar-refractivity contribution < 1.29 is 4.39 Å². The molecule has 0 N–H and O–H groups in total. The van der Waals surface area contributed by atoms with E-state index in [1.54, 1.807) is 23.5 Å². The van der Waals surface area contributed by atoms with Crippen molar-refractivity contribution in [2.24, 2.45) is 0 Å². The molecule has 0 amide bonds. The topological polar surface area (TPSA) is 30.2 Å². The predicted octanol–water partition coefficient (Wildman–Crippen LogP) is 4.64. The van der Waals surface area contributed by atoms with E-state index in [4.69, 9.17) is 5.10 Å². The summed E-state index contributed by atoms with van der Waals surface area (Å²) in [6.45, 7) is 0. The normalized spacial score (nSPS) is 16.6. The molecular formula is C16H16FN3S. The Balaban J connectivity index is 1.65. The molecule has 108 valence electrons. The van der Waals surface area contributed by atoms with Gasteiger partial charge in [-0.3, -0.25) is 0 Å². The third-order valence-electron chi connectivity index (χ3n) is 4.15. The van der Waals surface area contributed by atoms with Gasteiger partial charge in [0.15, 0.2) is 0 Å². The van der Waals surface area contributed by atoms with Crippen LogP contribution in [0.5, 0.6) is 0 Å². The second-order valence-electron chi connectivity index (χ2n) is 5.64. The van der Waals surface area contributed by atoms with Crippen molar-refractivity contribution in [3.63, 3.8) is 0 Å². The summed E-state index contributed by atoms with van der Waals surface area (Å²) in [4.78, 5) is 5.55. The number of hydrogen-bond acceptors (Lipinski definition) is 3. The number of benzene rings is 1. The first kappa shape index (κ1) is 13.0. The Morgan fingerprint density at radius 2 is 1.86 bits per heavy atom. The zero-order chi connectivity index (χ0) is 14.2. The molecular weight excluding hydrogens is 285 g/mol. The third kappa shape index (κ3) is 2.46. The van der Waals surface area contributed by atoms with E-state index in [0.717, 1.165) is 16.2 Å². The lowest BCUT2D eigenvalue weighted by Gasteiger charge is -2.18. The Morgan fingerprint density at radius 3 is 2.57 bits per heavy atom. The Labute approximate surface area is 126 Å². The van der Waals surface area contributed by atoms with Crippen LogP contribution in [-0.4, -0.2) is 14.6 Å². The van der Waals surface area contributed by atoms with E-state index in [-0.39, 0.29) is 5.82 Å². The highest BCUT2D eigenvalue weighted by molar-refractivity contribution is 7.16. The van der Waals surface area contributed by atoms with E-state index < -0.39 is 0 Å². The van der Waals surface area contributed by atoms with Gasteiger partial charge in [0.2, 0.25) is 4.96 Å². The SMILES string of the molecule is Fc1ccc(-c2cn3nc(C4CCCCC4)sc3n2)cc1. The van der Waals surface area contributed by atoms with Gasteiger partial charge in [0.25, 0.3) is 0 Å². The first-order chi connectivity index (χ1) is 10.3. The highest BCUT2D eigenvalue weighted by atomic mass is 32.1. The number of hydrogen-bond donors (Lipinski definition) is 0. The molecule has 4 rings (SSSR count). The molecule has 2 aromatic heterocycles. The number of halogens is 1. The standard InChI is InChI=1S/C16H16FN3S/c17-13-8-6-11(7-9-13)14-10-20-16(18-14)21-15(19-20)12-4-2-1-3-5-12/h6-10,12H,1-5H2. The van der Waals surface area contributed by atoms with Crippen LogP contribution in [0.3, 0.4) is 0 Å². The maximum Gasteiger partial charge on any atom is 0.212 e. The summed E-state index contributed by atoms with van der Waals surface area (Å²) in [7, 11) is 0. The number of rotatable bonds is 2. The molecule has 1 saturated carbocycles. The molecule has 0 aliphatic heterocycles. The maximum absolute atomic E-state index is 13.0. The minimum atomic E-state index is -0.225. The molecule has 1 fully saturated rings. The quantitative estimate of drug-likeness (QED) is 0.690.